The minimum Gasteiger partial charge on any atom is -0.152 e. The van der Waals surface area contributed by atoms with Crippen LogP contribution in [0.1, 0.15) is 83.1 Å². The zero-order valence-corrected chi connectivity index (χ0v) is 16.2. The van der Waals surface area contributed by atoms with Crippen LogP contribution in [0.2, 0.25) is 0 Å². The van der Waals surface area contributed by atoms with Crippen LogP contribution < -0.4 is 0 Å². The smallest absolute Gasteiger partial charge is 0.00582 e. The minimum atomic E-state index is 0.558. The van der Waals surface area contributed by atoms with Gasteiger partial charge < -0.3 is 0 Å². The molecule has 1 heteroatoms. The number of hydrogen-bond acceptors (Lipinski definition) is 1. The predicted molar refractivity (Wildman–Crippen MR) is 103 cm³/mol. The van der Waals surface area contributed by atoms with Gasteiger partial charge in [0.05, 0.1) is 0 Å². The average Bonchev–Trinajstić information content (AvgIpc) is 3.20. The molecule has 1 aromatic heterocycles. The van der Waals surface area contributed by atoms with Gasteiger partial charge in [-0.05, 0) is 108 Å². The molecule has 0 aliphatic heterocycles. The molecule has 0 nitrogen and oxygen atoms in total. The van der Waals surface area contributed by atoms with Crippen molar-refractivity contribution in [2.75, 3.05) is 0 Å². The Bertz CT molecular complexity index is 641. The topological polar surface area (TPSA) is 0 Å². The minimum absolute atomic E-state index is 0.558. The van der Waals surface area contributed by atoms with Gasteiger partial charge in [0.1, 0.15) is 0 Å². The normalized spacial score (nSPS) is 47.5. The maximum atomic E-state index is 2.71. The number of fused-ring (bicyclic) bond motifs is 5. The quantitative estimate of drug-likeness (QED) is 0.475. The highest BCUT2D eigenvalue weighted by Crippen LogP contribution is 2.68. The average molecular weight is 341 g/mol. The fourth-order valence-corrected chi connectivity index (χ4v) is 8.43. The molecule has 1 heterocycles. The summed E-state index contributed by atoms with van der Waals surface area (Å²) in [5.41, 5.74) is 4.63. The third-order valence-corrected chi connectivity index (χ3v) is 9.66. The molecule has 0 spiro atoms. The summed E-state index contributed by atoms with van der Waals surface area (Å²) < 4.78 is 0. The van der Waals surface area contributed by atoms with E-state index in [9.17, 15) is 0 Å². The van der Waals surface area contributed by atoms with E-state index in [0.29, 0.717) is 10.8 Å². The van der Waals surface area contributed by atoms with E-state index in [1.165, 1.54) is 57.8 Å². The number of rotatable bonds is 1. The summed E-state index contributed by atoms with van der Waals surface area (Å²) in [6, 6.07) is 2.41. The van der Waals surface area contributed by atoms with Crippen molar-refractivity contribution in [1.82, 2.24) is 0 Å². The van der Waals surface area contributed by atoms with Crippen molar-refractivity contribution in [2.24, 2.45) is 28.6 Å². The molecular formula is C23H32S. The lowest BCUT2D eigenvalue weighted by molar-refractivity contribution is -0.0307. The molecule has 0 saturated heterocycles. The third-order valence-electron chi connectivity index (χ3n) is 8.96. The summed E-state index contributed by atoms with van der Waals surface area (Å²) >= 11 is 1.89. The van der Waals surface area contributed by atoms with Crippen molar-refractivity contribution in [3.8, 4) is 0 Å². The lowest BCUT2D eigenvalue weighted by atomic mass is 9.47. The highest BCUT2D eigenvalue weighted by atomic mass is 32.1. The van der Waals surface area contributed by atoms with Crippen molar-refractivity contribution in [3.05, 3.63) is 34.0 Å². The molecule has 1 aromatic rings. The van der Waals surface area contributed by atoms with Gasteiger partial charge in [0.25, 0.3) is 0 Å². The van der Waals surface area contributed by atoms with E-state index in [2.05, 4.69) is 36.7 Å². The summed E-state index contributed by atoms with van der Waals surface area (Å²) in [4.78, 5) is 0. The first-order chi connectivity index (χ1) is 11.6. The molecule has 0 amide bonds. The van der Waals surface area contributed by atoms with E-state index in [-0.39, 0.29) is 0 Å². The Labute approximate surface area is 151 Å². The lowest BCUT2D eigenvalue weighted by Gasteiger charge is -2.57. The Kier molecular flexibility index (Phi) is 3.57. The van der Waals surface area contributed by atoms with Gasteiger partial charge in [-0.25, -0.2) is 0 Å². The zero-order chi connectivity index (χ0) is 16.4. The second-order valence-corrected chi connectivity index (χ2v) is 10.5. The van der Waals surface area contributed by atoms with Crippen LogP contribution in [-0.2, 0) is 0 Å². The van der Waals surface area contributed by atoms with Crippen molar-refractivity contribution in [1.29, 1.82) is 0 Å². The largest absolute Gasteiger partial charge is 0.152 e. The highest BCUT2D eigenvalue weighted by Gasteiger charge is 2.58. The predicted octanol–water partition coefficient (Wildman–Crippen LogP) is 7.18. The first-order valence-corrected chi connectivity index (χ1v) is 11.3. The summed E-state index contributed by atoms with van der Waals surface area (Å²) in [5.74, 6) is 3.76. The van der Waals surface area contributed by atoms with Crippen molar-refractivity contribution >= 4 is 11.3 Å². The molecule has 4 aliphatic carbocycles. The van der Waals surface area contributed by atoms with Crippen LogP contribution in [0.15, 0.2) is 28.5 Å². The van der Waals surface area contributed by atoms with Crippen LogP contribution in [0.25, 0.3) is 0 Å². The molecule has 24 heavy (non-hydrogen) atoms. The maximum absolute atomic E-state index is 2.71. The Morgan fingerprint density at radius 2 is 1.96 bits per heavy atom. The van der Waals surface area contributed by atoms with Crippen LogP contribution in [0.3, 0.4) is 0 Å². The van der Waals surface area contributed by atoms with Crippen LogP contribution >= 0.6 is 11.3 Å². The fourth-order valence-electron chi connectivity index (χ4n) is 7.72. The summed E-state index contributed by atoms with van der Waals surface area (Å²) in [7, 11) is 0. The van der Waals surface area contributed by atoms with Crippen LogP contribution in [-0.4, -0.2) is 0 Å². The standard InChI is InChI=1S/C23H32S/c1-22-12-4-3-5-17(22)6-7-18-20-9-8-19(16-11-14-24-15-16)23(20,2)13-10-21(18)22/h6,11,14-15,18-21H,3-5,7-10,12-13H2,1-2H3/t18-,19+,20-,21-,22-,23+/m0/s1. The SMILES string of the molecule is C[C@]12CC[C@H]3[C@@H](CC=C4CCCC[C@@]43C)[C@@H]1CC[C@@H]2c1ccsc1. The Morgan fingerprint density at radius 1 is 1.04 bits per heavy atom. The van der Waals surface area contributed by atoms with Gasteiger partial charge in [-0.15, -0.1) is 0 Å². The molecule has 0 bridgehead atoms. The number of allylic oxidation sites excluding steroid dienone is 2. The van der Waals surface area contributed by atoms with Crippen molar-refractivity contribution < 1.29 is 0 Å². The third kappa shape index (κ3) is 2.03. The van der Waals surface area contributed by atoms with Crippen molar-refractivity contribution in [3.63, 3.8) is 0 Å². The summed E-state index contributed by atoms with van der Waals surface area (Å²) in [5, 5.41) is 4.72. The van der Waals surface area contributed by atoms with Crippen LogP contribution in [0.5, 0.6) is 0 Å². The van der Waals surface area contributed by atoms with Crippen molar-refractivity contribution in [2.45, 2.75) is 77.6 Å². The van der Waals surface area contributed by atoms with Gasteiger partial charge in [0, 0.05) is 0 Å². The molecule has 0 unspecified atom stereocenters. The van der Waals surface area contributed by atoms with Crippen LogP contribution in [0.4, 0.5) is 0 Å². The molecule has 4 aliphatic rings. The number of hydrogen-bond donors (Lipinski definition) is 0. The lowest BCUT2D eigenvalue weighted by Crippen LogP contribution is -2.49. The molecule has 0 aromatic carbocycles. The molecule has 0 radical (unpaired) electrons. The van der Waals surface area contributed by atoms with Gasteiger partial charge in [-0.1, -0.05) is 31.9 Å². The van der Waals surface area contributed by atoms with Gasteiger partial charge >= 0.3 is 0 Å². The Balaban J connectivity index is 1.49. The molecule has 0 N–H and O–H groups in total. The molecular weight excluding hydrogens is 308 g/mol. The highest BCUT2D eigenvalue weighted by molar-refractivity contribution is 7.08. The summed E-state index contributed by atoms with van der Waals surface area (Å²) in [6.45, 7) is 5.30. The second-order valence-electron chi connectivity index (χ2n) is 9.70. The second kappa shape index (κ2) is 5.47. The maximum Gasteiger partial charge on any atom is -0.00582 e. The first-order valence-electron chi connectivity index (χ1n) is 10.3. The van der Waals surface area contributed by atoms with E-state index in [4.69, 9.17) is 0 Å². The molecule has 3 fully saturated rings. The summed E-state index contributed by atoms with van der Waals surface area (Å²) in [6.07, 6.45) is 15.8. The Hall–Kier alpha value is -0.560. The zero-order valence-electron chi connectivity index (χ0n) is 15.4. The first kappa shape index (κ1) is 15.7. The van der Waals surface area contributed by atoms with Gasteiger partial charge in [-0.3, -0.25) is 0 Å². The van der Waals surface area contributed by atoms with E-state index in [0.717, 1.165) is 23.7 Å². The van der Waals surface area contributed by atoms with E-state index < -0.39 is 0 Å². The van der Waals surface area contributed by atoms with E-state index in [1.807, 2.05) is 16.9 Å². The Morgan fingerprint density at radius 3 is 2.79 bits per heavy atom. The van der Waals surface area contributed by atoms with Gasteiger partial charge in [0.15, 0.2) is 0 Å². The van der Waals surface area contributed by atoms with Gasteiger partial charge in [0.2, 0.25) is 0 Å². The van der Waals surface area contributed by atoms with E-state index in [1.54, 1.807) is 5.56 Å². The monoisotopic (exact) mass is 340 g/mol. The van der Waals surface area contributed by atoms with Gasteiger partial charge in [-0.2, -0.15) is 11.3 Å². The molecule has 6 atom stereocenters. The van der Waals surface area contributed by atoms with Crippen LogP contribution in [0, 0.1) is 28.6 Å². The molecule has 130 valence electrons. The number of thiophene rings is 1. The van der Waals surface area contributed by atoms with E-state index >= 15 is 0 Å². The molecule has 5 rings (SSSR count). The molecule has 3 saturated carbocycles. The fraction of sp³-hybridized carbons (Fsp3) is 0.739.